The Morgan fingerprint density at radius 2 is 2.00 bits per heavy atom. The smallest absolute Gasteiger partial charge is 0.143 e. The number of rotatable bonds is 3. The fourth-order valence-corrected chi connectivity index (χ4v) is 2.25. The Morgan fingerprint density at radius 1 is 1.24 bits per heavy atom. The highest BCUT2D eigenvalue weighted by Gasteiger charge is 2.24. The summed E-state index contributed by atoms with van der Waals surface area (Å²) < 4.78 is 1.65. The maximum Gasteiger partial charge on any atom is 0.143 e. The van der Waals surface area contributed by atoms with Crippen LogP contribution in [-0.2, 0) is 0 Å². The number of benzene rings is 1. The van der Waals surface area contributed by atoms with Gasteiger partial charge in [-0.1, -0.05) is 6.92 Å². The molecule has 0 bridgehead atoms. The molecule has 0 radical (unpaired) electrons. The second-order valence-corrected chi connectivity index (χ2v) is 4.72. The van der Waals surface area contributed by atoms with Crippen LogP contribution in [-0.4, -0.2) is 26.2 Å². The third kappa shape index (κ3) is 2.13. The molecule has 0 spiro atoms. The van der Waals surface area contributed by atoms with E-state index in [1.165, 1.54) is 18.5 Å². The van der Waals surface area contributed by atoms with Crippen LogP contribution >= 0.6 is 0 Å². The minimum atomic E-state index is 0.642. The molecule has 0 saturated heterocycles. The van der Waals surface area contributed by atoms with Crippen LogP contribution in [0.1, 0.15) is 19.8 Å². The van der Waals surface area contributed by atoms with Crippen LogP contribution in [0.5, 0.6) is 0 Å². The van der Waals surface area contributed by atoms with E-state index in [-0.39, 0.29) is 0 Å². The number of nitrogens with zero attached hydrogens (tertiary/aromatic N) is 4. The van der Waals surface area contributed by atoms with Gasteiger partial charge in [0.2, 0.25) is 0 Å². The first-order valence-corrected chi connectivity index (χ1v) is 5.91. The lowest BCUT2D eigenvalue weighted by atomic mass is 9.82. The second kappa shape index (κ2) is 4.16. The lowest BCUT2D eigenvalue weighted by molar-refractivity contribution is 0.309. The van der Waals surface area contributed by atoms with Gasteiger partial charge in [0, 0.05) is 11.7 Å². The van der Waals surface area contributed by atoms with E-state index < -0.39 is 0 Å². The van der Waals surface area contributed by atoms with E-state index in [1.807, 2.05) is 12.1 Å². The van der Waals surface area contributed by atoms with Crippen LogP contribution in [0.2, 0.25) is 0 Å². The number of nitrogens with one attached hydrogen (secondary N) is 1. The Kier molecular flexibility index (Phi) is 2.51. The Hall–Kier alpha value is -1.91. The predicted octanol–water partition coefficient (Wildman–Crippen LogP) is 1.87. The minimum Gasteiger partial charge on any atom is -0.382 e. The Bertz CT molecular complexity index is 470. The Labute approximate surface area is 99.8 Å². The molecule has 0 amide bonds. The molecule has 1 heterocycles. The van der Waals surface area contributed by atoms with Gasteiger partial charge >= 0.3 is 0 Å². The highest BCUT2D eigenvalue weighted by atomic mass is 15.5. The van der Waals surface area contributed by atoms with Crippen molar-refractivity contribution in [2.75, 3.05) is 5.32 Å². The predicted molar refractivity (Wildman–Crippen MR) is 65.0 cm³/mol. The molecule has 1 aliphatic carbocycles. The number of anilines is 1. The second-order valence-electron chi connectivity index (χ2n) is 4.72. The first-order valence-electron chi connectivity index (χ1n) is 5.91. The molecule has 88 valence electrons. The lowest BCUT2D eigenvalue weighted by Crippen LogP contribution is -2.33. The zero-order valence-electron chi connectivity index (χ0n) is 9.74. The highest BCUT2D eigenvalue weighted by molar-refractivity contribution is 5.49. The molecule has 1 aliphatic rings. The molecule has 1 aromatic carbocycles. The molecule has 1 aromatic heterocycles. The summed E-state index contributed by atoms with van der Waals surface area (Å²) in [4.78, 5) is 0. The van der Waals surface area contributed by atoms with E-state index in [0.29, 0.717) is 6.04 Å². The van der Waals surface area contributed by atoms with Gasteiger partial charge in [0.15, 0.2) is 0 Å². The van der Waals surface area contributed by atoms with Crippen LogP contribution in [0.15, 0.2) is 30.6 Å². The molecule has 1 fully saturated rings. The van der Waals surface area contributed by atoms with Crippen LogP contribution in [0, 0.1) is 5.92 Å². The maximum absolute atomic E-state index is 3.85. The van der Waals surface area contributed by atoms with Gasteiger partial charge in [-0.2, -0.15) is 0 Å². The summed E-state index contributed by atoms with van der Waals surface area (Å²) in [7, 11) is 0. The van der Waals surface area contributed by atoms with Crippen LogP contribution in [0.25, 0.3) is 5.69 Å². The van der Waals surface area contributed by atoms with Crippen LogP contribution < -0.4 is 5.32 Å². The quantitative estimate of drug-likeness (QED) is 0.873. The summed E-state index contributed by atoms with van der Waals surface area (Å²) >= 11 is 0. The molecule has 1 saturated carbocycles. The summed E-state index contributed by atoms with van der Waals surface area (Å²) in [6.07, 6.45) is 4.14. The molecule has 5 nitrogen and oxygen atoms in total. The number of aromatic nitrogens is 4. The topological polar surface area (TPSA) is 55.6 Å². The first kappa shape index (κ1) is 10.3. The molecule has 1 N–H and O–H groups in total. The van der Waals surface area contributed by atoms with Gasteiger partial charge in [0.05, 0.1) is 5.69 Å². The fraction of sp³-hybridized carbons (Fsp3) is 0.417. The third-order valence-electron chi connectivity index (χ3n) is 3.23. The van der Waals surface area contributed by atoms with Crippen molar-refractivity contribution in [3.63, 3.8) is 0 Å². The molecule has 0 unspecified atom stereocenters. The molecule has 17 heavy (non-hydrogen) atoms. The van der Waals surface area contributed by atoms with E-state index in [1.54, 1.807) is 11.0 Å². The van der Waals surface area contributed by atoms with Crippen molar-refractivity contribution >= 4 is 5.69 Å². The van der Waals surface area contributed by atoms with Crippen LogP contribution in [0.3, 0.4) is 0 Å². The minimum absolute atomic E-state index is 0.642. The molecule has 0 aliphatic heterocycles. The summed E-state index contributed by atoms with van der Waals surface area (Å²) in [6.45, 7) is 2.29. The Morgan fingerprint density at radius 3 is 2.59 bits per heavy atom. The lowest BCUT2D eigenvalue weighted by Gasteiger charge is -2.34. The molecule has 3 rings (SSSR count). The fourth-order valence-electron chi connectivity index (χ4n) is 2.25. The summed E-state index contributed by atoms with van der Waals surface area (Å²) in [6, 6.07) is 8.81. The van der Waals surface area contributed by atoms with Gasteiger partial charge in [-0.05, 0) is 53.5 Å². The van der Waals surface area contributed by atoms with Crippen LogP contribution in [0.4, 0.5) is 5.69 Å². The maximum atomic E-state index is 3.85. The van der Waals surface area contributed by atoms with Crippen molar-refractivity contribution in [2.45, 2.75) is 25.8 Å². The van der Waals surface area contributed by atoms with Crippen molar-refractivity contribution in [3.8, 4) is 5.69 Å². The number of hydrogen-bond donors (Lipinski definition) is 1. The molecular formula is C12H15N5. The summed E-state index contributed by atoms with van der Waals surface area (Å²) in [5.41, 5.74) is 2.14. The number of tetrazole rings is 1. The van der Waals surface area contributed by atoms with Gasteiger partial charge in [-0.3, -0.25) is 0 Å². The van der Waals surface area contributed by atoms with Crippen molar-refractivity contribution in [3.05, 3.63) is 30.6 Å². The zero-order valence-corrected chi connectivity index (χ0v) is 9.74. The van der Waals surface area contributed by atoms with E-state index in [4.69, 9.17) is 0 Å². The largest absolute Gasteiger partial charge is 0.382 e. The first-order chi connectivity index (χ1) is 8.31. The molecule has 2 aromatic rings. The molecular weight excluding hydrogens is 214 g/mol. The standard InChI is InChI=1S/C12H15N5/c1-9-6-11(7-9)14-10-2-4-12(5-3-10)17-8-13-15-16-17/h2-5,8-9,11,14H,6-7H2,1H3. The monoisotopic (exact) mass is 229 g/mol. The zero-order chi connectivity index (χ0) is 11.7. The van der Waals surface area contributed by atoms with Crippen molar-refractivity contribution < 1.29 is 0 Å². The SMILES string of the molecule is CC1CC(Nc2ccc(-n3cnnn3)cc2)C1. The van der Waals surface area contributed by atoms with Gasteiger partial charge in [0.1, 0.15) is 6.33 Å². The molecule has 5 heteroatoms. The third-order valence-corrected chi connectivity index (χ3v) is 3.23. The Balaban J connectivity index is 1.68. The van der Waals surface area contributed by atoms with Crippen molar-refractivity contribution in [1.82, 2.24) is 20.2 Å². The van der Waals surface area contributed by atoms with E-state index >= 15 is 0 Å². The van der Waals surface area contributed by atoms with E-state index in [9.17, 15) is 0 Å². The van der Waals surface area contributed by atoms with Gasteiger partial charge < -0.3 is 5.32 Å². The summed E-state index contributed by atoms with van der Waals surface area (Å²) in [5, 5.41) is 14.6. The normalized spacial score (nSPS) is 23.1. The average Bonchev–Trinajstić information content (AvgIpc) is 2.81. The highest BCUT2D eigenvalue weighted by Crippen LogP contribution is 2.29. The van der Waals surface area contributed by atoms with E-state index in [2.05, 4.69) is 39.9 Å². The van der Waals surface area contributed by atoms with Gasteiger partial charge in [-0.15, -0.1) is 5.10 Å². The van der Waals surface area contributed by atoms with Crippen molar-refractivity contribution in [2.24, 2.45) is 5.92 Å². The van der Waals surface area contributed by atoms with E-state index in [0.717, 1.165) is 11.6 Å². The molecule has 0 atom stereocenters. The average molecular weight is 229 g/mol. The van der Waals surface area contributed by atoms with Gasteiger partial charge in [0.25, 0.3) is 0 Å². The summed E-state index contributed by atoms with van der Waals surface area (Å²) in [5.74, 6) is 0.869. The van der Waals surface area contributed by atoms with Crippen molar-refractivity contribution in [1.29, 1.82) is 0 Å². The number of hydrogen-bond acceptors (Lipinski definition) is 4. The van der Waals surface area contributed by atoms with Gasteiger partial charge in [-0.25, -0.2) is 4.68 Å².